The van der Waals surface area contributed by atoms with Gasteiger partial charge in [-0.2, -0.15) is 0 Å². The first kappa shape index (κ1) is 20.7. The molecule has 0 bridgehead atoms. The van der Waals surface area contributed by atoms with Crippen molar-refractivity contribution in [3.63, 3.8) is 0 Å². The summed E-state index contributed by atoms with van der Waals surface area (Å²) in [6, 6.07) is 12.3. The number of carbonyl (C=O) groups excluding carboxylic acids is 3. The zero-order chi connectivity index (χ0) is 20.8. The fourth-order valence-electron chi connectivity index (χ4n) is 2.93. The number of ketones is 1. The number of fused-ring (bicyclic) bond motifs is 1. The number of amides is 1. The minimum atomic E-state index is -0.547. The molecule has 3 rings (SSSR count). The molecule has 0 unspecified atom stereocenters. The Kier molecular flexibility index (Phi) is 6.77. The molecule has 2 aromatic rings. The van der Waals surface area contributed by atoms with Gasteiger partial charge in [0.25, 0.3) is 0 Å². The second-order valence-corrected chi connectivity index (χ2v) is 7.22. The van der Waals surface area contributed by atoms with Crippen LogP contribution in [-0.4, -0.2) is 50.8 Å². The maximum absolute atomic E-state index is 12.4. The Morgan fingerprint density at radius 3 is 2.66 bits per heavy atom. The van der Waals surface area contributed by atoms with E-state index in [1.54, 1.807) is 23.1 Å². The Hall–Kier alpha value is -3.00. The number of rotatable bonds is 8. The number of thioether (sulfide) groups is 1. The molecule has 1 aliphatic heterocycles. The van der Waals surface area contributed by atoms with Gasteiger partial charge in [-0.1, -0.05) is 12.1 Å². The van der Waals surface area contributed by atoms with Crippen molar-refractivity contribution in [2.24, 2.45) is 0 Å². The third kappa shape index (κ3) is 4.89. The highest BCUT2D eigenvalue weighted by Gasteiger charge is 2.25. The van der Waals surface area contributed by atoms with Gasteiger partial charge < -0.3 is 19.1 Å². The molecule has 2 aromatic carbocycles. The number of anilines is 1. The minimum Gasteiger partial charge on any atom is -0.497 e. The predicted octanol–water partition coefficient (Wildman–Crippen LogP) is 2.96. The molecule has 8 heteroatoms. The first-order valence-corrected chi connectivity index (χ1v) is 9.95. The molecule has 29 heavy (non-hydrogen) atoms. The van der Waals surface area contributed by atoms with Crippen molar-refractivity contribution in [2.75, 3.05) is 38.0 Å². The Morgan fingerprint density at radius 1 is 1.10 bits per heavy atom. The molecular weight excluding hydrogens is 394 g/mol. The smallest absolute Gasteiger partial charge is 0.308 e. The number of ether oxygens (including phenoxy) is 3. The van der Waals surface area contributed by atoms with Crippen molar-refractivity contribution in [2.45, 2.75) is 11.3 Å². The van der Waals surface area contributed by atoms with Crippen molar-refractivity contribution < 1.29 is 28.6 Å². The SMILES string of the molecule is COc1ccc(C(=O)COC(=O)CCN2C(=O)CSc3ccccc32)c(OC)c1. The second kappa shape index (κ2) is 9.47. The summed E-state index contributed by atoms with van der Waals surface area (Å²) in [6.45, 7) is -0.197. The van der Waals surface area contributed by atoms with Gasteiger partial charge in [-0.3, -0.25) is 14.4 Å². The van der Waals surface area contributed by atoms with E-state index in [-0.39, 0.29) is 24.7 Å². The first-order valence-electron chi connectivity index (χ1n) is 8.96. The van der Waals surface area contributed by atoms with Crippen molar-refractivity contribution >= 4 is 35.1 Å². The van der Waals surface area contributed by atoms with Gasteiger partial charge in [0.1, 0.15) is 11.5 Å². The van der Waals surface area contributed by atoms with Crippen LogP contribution in [0.15, 0.2) is 47.4 Å². The van der Waals surface area contributed by atoms with E-state index in [0.29, 0.717) is 22.8 Å². The van der Waals surface area contributed by atoms with E-state index in [2.05, 4.69) is 0 Å². The number of methoxy groups -OCH3 is 2. The Bertz CT molecular complexity index is 929. The zero-order valence-electron chi connectivity index (χ0n) is 16.2. The third-order valence-electron chi connectivity index (χ3n) is 4.42. The number of esters is 1. The predicted molar refractivity (Wildman–Crippen MR) is 109 cm³/mol. The first-order chi connectivity index (χ1) is 14.0. The molecular formula is C21H21NO6S. The van der Waals surface area contributed by atoms with Crippen LogP contribution in [0, 0.1) is 0 Å². The summed E-state index contributed by atoms with van der Waals surface area (Å²) >= 11 is 1.48. The van der Waals surface area contributed by atoms with E-state index in [1.165, 1.54) is 26.0 Å². The average molecular weight is 415 g/mol. The third-order valence-corrected chi connectivity index (χ3v) is 5.47. The van der Waals surface area contributed by atoms with Crippen molar-refractivity contribution in [3.8, 4) is 11.5 Å². The molecule has 1 amide bonds. The van der Waals surface area contributed by atoms with Gasteiger partial charge in [0.2, 0.25) is 11.7 Å². The van der Waals surface area contributed by atoms with Gasteiger partial charge in [0, 0.05) is 17.5 Å². The van der Waals surface area contributed by atoms with E-state index in [9.17, 15) is 14.4 Å². The lowest BCUT2D eigenvalue weighted by atomic mass is 10.1. The number of hydrogen-bond acceptors (Lipinski definition) is 7. The molecule has 0 saturated heterocycles. The molecule has 0 aliphatic carbocycles. The summed E-state index contributed by atoms with van der Waals surface area (Å²) in [5.74, 6) is 0.254. The number of benzene rings is 2. The number of hydrogen-bond donors (Lipinski definition) is 0. The Morgan fingerprint density at radius 2 is 1.90 bits per heavy atom. The summed E-state index contributed by atoms with van der Waals surface area (Å²) in [5.41, 5.74) is 1.10. The monoisotopic (exact) mass is 415 g/mol. The average Bonchev–Trinajstić information content (AvgIpc) is 2.76. The van der Waals surface area contributed by atoms with E-state index < -0.39 is 12.6 Å². The highest BCUT2D eigenvalue weighted by atomic mass is 32.2. The summed E-state index contributed by atoms with van der Waals surface area (Å²) < 4.78 is 15.4. The maximum Gasteiger partial charge on any atom is 0.308 e. The molecule has 0 radical (unpaired) electrons. The summed E-state index contributed by atoms with van der Waals surface area (Å²) in [4.78, 5) is 39.3. The van der Waals surface area contributed by atoms with Gasteiger partial charge >= 0.3 is 5.97 Å². The van der Waals surface area contributed by atoms with Crippen LogP contribution in [0.25, 0.3) is 0 Å². The fraction of sp³-hybridized carbons (Fsp3) is 0.286. The molecule has 152 valence electrons. The van der Waals surface area contributed by atoms with Crippen LogP contribution in [0.5, 0.6) is 11.5 Å². The lowest BCUT2D eigenvalue weighted by molar-refractivity contribution is -0.142. The number of Topliss-reactive ketones (excluding diaryl/α,β-unsaturated/α-hetero) is 1. The molecule has 0 atom stereocenters. The molecule has 0 fully saturated rings. The van der Waals surface area contributed by atoms with Crippen LogP contribution >= 0.6 is 11.8 Å². The largest absolute Gasteiger partial charge is 0.497 e. The molecule has 0 saturated carbocycles. The summed E-state index contributed by atoms with van der Waals surface area (Å²) in [6.07, 6.45) is -0.00221. The van der Waals surface area contributed by atoms with E-state index in [0.717, 1.165) is 10.6 Å². The lowest BCUT2D eigenvalue weighted by Crippen LogP contribution is -2.37. The summed E-state index contributed by atoms with van der Waals surface area (Å²) in [7, 11) is 2.96. The molecule has 0 aromatic heterocycles. The molecule has 1 aliphatic rings. The highest BCUT2D eigenvalue weighted by Crippen LogP contribution is 2.34. The van der Waals surface area contributed by atoms with Crippen LogP contribution in [0.2, 0.25) is 0 Å². The molecule has 0 N–H and O–H groups in total. The van der Waals surface area contributed by atoms with Crippen LogP contribution in [-0.2, 0) is 14.3 Å². The van der Waals surface area contributed by atoms with Gasteiger partial charge in [-0.25, -0.2) is 0 Å². The molecule has 7 nitrogen and oxygen atoms in total. The second-order valence-electron chi connectivity index (χ2n) is 6.20. The minimum absolute atomic E-state index is 0.00221. The normalized spacial score (nSPS) is 12.9. The highest BCUT2D eigenvalue weighted by molar-refractivity contribution is 8.00. The summed E-state index contributed by atoms with van der Waals surface area (Å²) in [5, 5.41) is 0. The molecule has 0 spiro atoms. The van der Waals surface area contributed by atoms with Crippen molar-refractivity contribution in [3.05, 3.63) is 48.0 Å². The fourth-order valence-corrected chi connectivity index (χ4v) is 3.86. The molecule has 1 heterocycles. The van der Waals surface area contributed by atoms with E-state index in [1.807, 2.05) is 24.3 Å². The van der Waals surface area contributed by atoms with Gasteiger partial charge in [0.05, 0.1) is 37.6 Å². The van der Waals surface area contributed by atoms with Gasteiger partial charge in [-0.15, -0.1) is 11.8 Å². The van der Waals surface area contributed by atoms with Gasteiger partial charge in [0.15, 0.2) is 6.61 Å². The Balaban J connectivity index is 1.56. The van der Waals surface area contributed by atoms with Crippen LogP contribution in [0.4, 0.5) is 5.69 Å². The quantitative estimate of drug-likeness (QED) is 0.484. The number of para-hydroxylation sites is 1. The van der Waals surface area contributed by atoms with E-state index in [4.69, 9.17) is 14.2 Å². The number of carbonyl (C=O) groups is 3. The zero-order valence-corrected chi connectivity index (χ0v) is 17.0. The lowest BCUT2D eigenvalue weighted by Gasteiger charge is -2.28. The topological polar surface area (TPSA) is 82.1 Å². The van der Waals surface area contributed by atoms with Crippen LogP contribution in [0.1, 0.15) is 16.8 Å². The van der Waals surface area contributed by atoms with Gasteiger partial charge in [-0.05, 0) is 24.3 Å². The van der Waals surface area contributed by atoms with Crippen molar-refractivity contribution in [1.82, 2.24) is 0 Å². The van der Waals surface area contributed by atoms with Crippen molar-refractivity contribution in [1.29, 1.82) is 0 Å². The van der Waals surface area contributed by atoms with E-state index >= 15 is 0 Å². The number of nitrogens with zero attached hydrogens (tertiary/aromatic N) is 1. The van der Waals surface area contributed by atoms with Crippen LogP contribution in [0.3, 0.4) is 0 Å². The van der Waals surface area contributed by atoms with Crippen LogP contribution < -0.4 is 14.4 Å². The standard InChI is InChI=1S/C21H21NO6S/c1-26-14-7-8-15(18(11-14)27-2)17(23)12-28-21(25)9-10-22-16-5-3-4-6-19(16)29-13-20(22)24/h3-8,11H,9-10,12-13H2,1-2H3. The Labute approximate surface area is 172 Å². The maximum atomic E-state index is 12.4.